The maximum atomic E-state index is 11.0. The van der Waals surface area contributed by atoms with Gasteiger partial charge in [-0.1, -0.05) is 23.7 Å². The Bertz CT molecular complexity index is 547. The largest absolute Gasteiger partial charge is 0.382 e. The molecule has 1 amide bonds. The summed E-state index contributed by atoms with van der Waals surface area (Å²) in [6, 6.07) is 7.34. The van der Waals surface area contributed by atoms with Crippen LogP contribution in [0.5, 0.6) is 0 Å². The molecule has 0 aliphatic heterocycles. The Morgan fingerprint density at radius 2 is 2.00 bits per heavy atom. The van der Waals surface area contributed by atoms with Gasteiger partial charge in [-0.05, 0) is 17.7 Å². The van der Waals surface area contributed by atoms with Gasteiger partial charge in [0.25, 0.3) is 5.91 Å². The van der Waals surface area contributed by atoms with E-state index >= 15 is 0 Å². The first-order chi connectivity index (χ1) is 8.06. The van der Waals surface area contributed by atoms with Crippen LogP contribution >= 0.6 is 11.6 Å². The SMILES string of the molecule is NC(=O)c1cn(Cc2ccc(Cl)cc2)nc1N. The van der Waals surface area contributed by atoms with Crippen molar-refractivity contribution < 1.29 is 4.79 Å². The van der Waals surface area contributed by atoms with Crippen LogP contribution in [0, 0.1) is 0 Å². The molecule has 0 unspecified atom stereocenters. The highest BCUT2D eigenvalue weighted by atomic mass is 35.5. The molecular weight excluding hydrogens is 240 g/mol. The molecule has 88 valence electrons. The molecule has 0 saturated heterocycles. The molecular formula is C11H11ClN4O. The van der Waals surface area contributed by atoms with E-state index in [0.717, 1.165) is 5.56 Å². The lowest BCUT2D eigenvalue weighted by molar-refractivity contribution is 0.100. The highest BCUT2D eigenvalue weighted by Gasteiger charge is 2.10. The molecule has 17 heavy (non-hydrogen) atoms. The fourth-order valence-corrected chi connectivity index (χ4v) is 1.61. The summed E-state index contributed by atoms with van der Waals surface area (Å²) in [6.45, 7) is 0.509. The van der Waals surface area contributed by atoms with E-state index in [1.165, 1.54) is 6.20 Å². The van der Waals surface area contributed by atoms with Gasteiger partial charge in [-0.2, -0.15) is 5.10 Å². The molecule has 2 rings (SSSR count). The molecule has 0 aliphatic rings. The highest BCUT2D eigenvalue weighted by Crippen LogP contribution is 2.13. The molecule has 0 atom stereocenters. The van der Waals surface area contributed by atoms with E-state index in [2.05, 4.69) is 5.10 Å². The number of nitrogens with zero attached hydrogens (tertiary/aromatic N) is 2. The lowest BCUT2D eigenvalue weighted by atomic mass is 10.2. The number of nitrogen functional groups attached to an aromatic ring is 1. The topological polar surface area (TPSA) is 86.9 Å². The summed E-state index contributed by atoms with van der Waals surface area (Å²) in [5, 5.41) is 4.68. The quantitative estimate of drug-likeness (QED) is 0.860. The Labute approximate surface area is 103 Å². The van der Waals surface area contributed by atoms with Crippen molar-refractivity contribution >= 4 is 23.3 Å². The zero-order valence-electron chi connectivity index (χ0n) is 8.93. The highest BCUT2D eigenvalue weighted by molar-refractivity contribution is 6.30. The van der Waals surface area contributed by atoms with Gasteiger partial charge in [-0.3, -0.25) is 9.48 Å². The summed E-state index contributed by atoms with van der Waals surface area (Å²) in [5.74, 6) is -0.434. The zero-order valence-corrected chi connectivity index (χ0v) is 9.69. The molecule has 4 N–H and O–H groups in total. The van der Waals surface area contributed by atoms with Crippen molar-refractivity contribution in [3.63, 3.8) is 0 Å². The van der Waals surface area contributed by atoms with E-state index in [1.54, 1.807) is 16.8 Å². The Balaban J connectivity index is 2.22. The van der Waals surface area contributed by atoms with E-state index in [9.17, 15) is 4.79 Å². The van der Waals surface area contributed by atoms with Gasteiger partial charge in [0, 0.05) is 11.2 Å². The molecule has 2 aromatic rings. The first kappa shape index (κ1) is 11.5. The second-order valence-electron chi connectivity index (χ2n) is 3.62. The van der Waals surface area contributed by atoms with Gasteiger partial charge in [0.1, 0.15) is 5.56 Å². The predicted octanol–water partition coefficient (Wildman–Crippen LogP) is 1.27. The lowest BCUT2D eigenvalue weighted by Crippen LogP contribution is -2.11. The average Bonchev–Trinajstić information content (AvgIpc) is 2.63. The predicted molar refractivity (Wildman–Crippen MR) is 65.7 cm³/mol. The fourth-order valence-electron chi connectivity index (χ4n) is 1.48. The number of amides is 1. The van der Waals surface area contributed by atoms with E-state index < -0.39 is 5.91 Å². The van der Waals surface area contributed by atoms with E-state index in [1.807, 2.05) is 12.1 Å². The average molecular weight is 251 g/mol. The van der Waals surface area contributed by atoms with Gasteiger partial charge >= 0.3 is 0 Å². The van der Waals surface area contributed by atoms with Gasteiger partial charge in [-0.15, -0.1) is 0 Å². The van der Waals surface area contributed by atoms with Crippen molar-refractivity contribution in [3.8, 4) is 0 Å². The van der Waals surface area contributed by atoms with Crippen LogP contribution in [0.4, 0.5) is 5.82 Å². The third-order valence-corrected chi connectivity index (χ3v) is 2.57. The minimum atomic E-state index is -0.579. The molecule has 0 bridgehead atoms. The fraction of sp³-hybridized carbons (Fsp3) is 0.0909. The number of hydrogen-bond acceptors (Lipinski definition) is 3. The van der Waals surface area contributed by atoms with Gasteiger partial charge in [-0.25, -0.2) is 0 Å². The Morgan fingerprint density at radius 3 is 2.53 bits per heavy atom. The molecule has 1 aromatic heterocycles. The summed E-state index contributed by atoms with van der Waals surface area (Å²) in [4.78, 5) is 11.0. The smallest absolute Gasteiger partial charge is 0.254 e. The van der Waals surface area contributed by atoms with Gasteiger partial charge in [0.05, 0.1) is 6.54 Å². The van der Waals surface area contributed by atoms with Crippen molar-refractivity contribution in [3.05, 3.63) is 46.6 Å². The second-order valence-corrected chi connectivity index (χ2v) is 4.05. The number of rotatable bonds is 3. The number of anilines is 1. The van der Waals surface area contributed by atoms with Crippen LogP contribution in [0.15, 0.2) is 30.5 Å². The third-order valence-electron chi connectivity index (χ3n) is 2.31. The normalized spacial score (nSPS) is 10.4. The monoisotopic (exact) mass is 250 g/mol. The van der Waals surface area contributed by atoms with E-state index in [-0.39, 0.29) is 11.4 Å². The summed E-state index contributed by atoms with van der Waals surface area (Å²) in [6.07, 6.45) is 1.53. The van der Waals surface area contributed by atoms with Crippen molar-refractivity contribution in [2.24, 2.45) is 5.73 Å². The number of primary amides is 1. The van der Waals surface area contributed by atoms with Crippen LogP contribution in [-0.2, 0) is 6.54 Å². The standard InChI is InChI=1S/C11H11ClN4O/c12-8-3-1-7(2-4-8)5-16-6-9(11(14)17)10(13)15-16/h1-4,6H,5H2,(H2,13,15)(H2,14,17). The van der Waals surface area contributed by atoms with Crippen molar-refractivity contribution in [2.75, 3.05) is 5.73 Å². The number of aromatic nitrogens is 2. The Morgan fingerprint density at radius 1 is 1.35 bits per heavy atom. The minimum Gasteiger partial charge on any atom is -0.382 e. The van der Waals surface area contributed by atoms with Crippen LogP contribution in [-0.4, -0.2) is 15.7 Å². The van der Waals surface area contributed by atoms with E-state index in [4.69, 9.17) is 23.1 Å². The van der Waals surface area contributed by atoms with Gasteiger partial charge in [0.2, 0.25) is 0 Å². The molecule has 0 spiro atoms. The van der Waals surface area contributed by atoms with Crippen molar-refractivity contribution in [1.82, 2.24) is 9.78 Å². The third kappa shape index (κ3) is 2.57. The molecule has 6 heteroatoms. The van der Waals surface area contributed by atoms with Crippen LogP contribution in [0.2, 0.25) is 5.02 Å². The van der Waals surface area contributed by atoms with Crippen LogP contribution < -0.4 is 11.5 Å². The minimum absolute atomic E-state index is 0.145. The Kier molecular flexibility index (Phi) is 3.01. The van der Waals surface area contributed by atoms with E-state index in [0.29, 0.717) is 11.6 Å². The zero-order chi connectivity index (χ0) is 12.4. The van der Waals surface area contributed by atoms with Crippen molar-refractivity contribution in [2.45, 2.75) is 6.54 Å². The number of halogens is 1. The van der Waals surface area contributed by atoms with Crippen molar-refractivity contribution in [1.29, 1.82) is 0 Å². The molecule has 0 fully saturated rings. The number of carbonyl (C=O) groups excluding carboxylic acids is 1. The van der Waals surface area contributed by atoms with Crippen LogP contribution in [0.3, 0.4) is 0 Å². The summed E-state index contributed by atoms with van der Waals surface area (Å²) < 4.78 is 1.57. The summed E-state index contributed by atoms with van der Waals surface area (Å²) in [5.41, 5.74) is 12.0. The molecule has 1 aromatic carbocycles. The van der Waals surface area contributed by atoms with Gasteiger partial charge < -0.3 is 11.5 Å². The maximum Gasteiger partial charge on any atom is 0.254 e. The number of nitrogens with two attached hydrogens (primary N) is 2. The first-order valence-corrected chi connectivity index (χ1v) is 5.31. The molecule has 5 nitrogen and oxygen atoms in total. The maximum absolute atomic E-state index is 11.0. The lowest BCUT2D eigenvalue weighted by Gasteiger charge is -2.01. The molecule has 0 radical (unpaired) electrons. The number of carbonyl (C=O) groups is 1. The van der Waals surface area contributed by atoms with Gasteiger partial charge in [0.15, 0.2) is 5.82 Å². The van der Waals surface area contributed by atoms with Crippen LogP contribution in [0.25, 0.3) is 0 Å². The summed E-state index contributed by atoms with van der Waals surface area (Å²) >= 11 is 5.78. The summed E-state index contributed by atoms with van der Waals surface area (Å²) in [7, 11) is 0. The number of hydrogen-bond donors (Lipinski definition) is 2. The first-order valence-electron chi connectivity index (χ1n) is 4.93. The number of benzene rings is 1. The second kappa shape index (κ2) is 4.47. The molecule has 1 heterocycles. The van der Waals surface area contributed by atoms with Crippen LogP contribution in [0.1, 0.15) is 15.9 Å². The Hall–Kier alpha value is -2.01. The molecule has 0 aliphatic carbocycles. The molecule has 0 saturated carbocycles.